The number of piperidine rings is 1. The van der Waals surface area contributed by atoms with Gasteiger partial charge in [-0.3, -0.25) is 4.90 Å². The summed E-state index contributed by atoms with van der Waals surface area (Å²) in [4.78, 5) is 2.71. The van der Waals surface area contributed by atoms with Crippen LogP contribution in [0, 0.1) is 0 Å². The Balaban J connectivity index is 1.45. The number of benzene rings is 3. The van der Waals surface area contributed by atoms with Crippen LogP contribution in [-0.2, 0) is 0 Å². The van der Waals surface area contributed by atoms with E-state index in [1.54, 1.807) is 0 Å². The van der Waals surface area contributed by atoms with Crippen LogP contribution < -0.4 is 5.32 Å². The molecular formula is C28H32N2O. The molecule has 3 aromatic rings. The second kappa shape index (κ2) is 9.35. The van der Waals surface area contributed by atoms with Gasteiger partial charge in [-0.05, 0) is 36.0 Å². The lowest BCUT2D eigenvalue weighted by Gasteiger charge is -2.51. The minimum absolute atomic E-state index is 0.326. The topological polar surface area (TPSA) is 35.5 Å². The highest BCUT2D eigenvalue weighted by Gasteiger charge is 2.41. The van der Waals surface area contributed by atoms with Crippen LogP contribution in [-0.4, -0.2) is 41.2 Å². The molecule has 3 heteroatoms. The SMILES string of the molecule is O[C@H](CC1CN[C@H]2CC[C@@H](C(c3ccccc3)c3ccccc3)N1C2)c1ccccc1. The van der Waals surface area contributed by atoms with Crippen molar-refractivity contribution in [2.24, 2.45) is 0 Å². The first-order valence-electron chi connectivity index (χ1n) is 11.6. The Hall–Kier alpha value is -2.46. The summed E-state index contributed by atoms with van der Waals surface area (Å²) >= 11 is 0. The second-order valence-electron chi connectivity index (χ2n) is 9.06. The lowest BCUT2D eigenvalue weighted by molar-refractivity contribution is 0.00698. The number of fused-ring (bicyclic) bond motifs is 2. The molecule has 160 valence electrons. The monoisotopic (exact) mass is 412 g/mol. The molecule has 2 N–H and O–H groups in total. The molecule has 2 fully saturated rings. The van der Waals surface area contributed by atoms with Crippen molar-refractivity contribution < 1.29 is 5.11 Å². The predicted molar refractivity (Wildman–Crippen MR) is 126 cm³/mol. The smallest absolute Gasteiger partial charge is 0.0805 e. The first-order valence-corrected chi connectivity index (χ1v) is 11.6. The number of piperazine rings is 1. The molecule has 5 atom stereocenters. The van der Waals surface area contributed by atoms with E-state index in [-0.39, 0.29) is 0 Å². The van der Waals surface area contributed by atoms with Crippen molar-refractivity contribution >= 4 is 0 Å². The lowest BCUT2D eigenvalue weighted by Crippen LogP contribution is -2.64. The van der Waals surface area contributed by atoms with E-state index in [1.807, 2.05) is 30.3 Å². The first kappa shape index (κ1) is 20.4. The van der Waals surface area contributed by atoms with E-state index >= 15 is 0 Å². The Labute approximate surface area is 185 Å². The standard InChI is InChI=1S/C28H32N2O/c31-27(21-10-4-1-5-11-21)18-25-19-29-24-16-17-26(30(25)20-24)28(22-12-6-2-7-13-22)23-14-8-3-9-15-23/h1-15,24-29,31H,16-20H2/t24-,25?,26-,27+/m0/s1. The van der Waals surface area contributed by atoms with E-state index < -0.39 is 6.10 Å². The molecule has 2 unspecified atom stereocenters. The number of hydrogen-bond acceptors (Lipinski definition) is 3. The van der Waals surface area contributed by atoms with Gasteiger partial charge in [0, 0.05) is 37.1 Å². The summed E-state index contributed by atoms with van der Waals surface area (Å²) < 4.78 is 0. The van der Waals surface area contributed by atoms with Crippen molar-refractivity contribution in [1.29, 1.82) is 0 Å². The molecule has 3 aromatic carbocycles. The number of aliphatic hydroxyl groups is 1. The van der Waals surface area contributed by atoms with Gasteiger partial charge in [-0.1, -0.05) is 91.0 Å². The quantitative estimate of drug-likeness (QED) is 0.613. The third kappa shape index (κ3) is 4.45. The van der Waals surface area contributed by atoms with E-state index in [9.17, 15) is 5.11 Å². The summed E-state index contributed by atoms with van der Waals surface area (Å²) in [6, 6.07) is 33.4. The van der Waals surface area contributed by atoms with Gasteiger partial charge >= 0.3 is 0 Å². The van der Waals surface area contributed by atoms with E-state index in [1.165, 1.54) is 24.0 Å². The number of nitrogens with zero attached hydrogens (tertiary/aromatic N) is 1. The summed E-state index contributed by atoms with van der Waals surface area (Å²) in [5.74, 6) is 0.345. The Morgan fingerprint density at radius 2 is 1.32 bits per heavy atom. The highest BCUT2D eigenvalue weighted by atomic mass is 16.3. The Morgan fingerprint density at radius 3 is 1.90 bits per heavy atom. The number of nitrogens with one attached hydrogen (secondary N) is 1. The van der Waals surface area contributed by atoms with Crippen LogP contribution in [0.2, 0.25) is 0 Å². The molecule has 3 nitrogen and oxygen atoms in total. The number of rotatable bonds is 6. The molecule has 2 aliphatic rings. The largest absolute Gasteiger partial charge is 0.388 e. The Morgan fingerprint density at radius 1 is 0.774 bits per heavy atom. The molecule has 2 saturated heterocycles. The van der Waals surface area contributed by atoms with Gasteiger partial charge in [0.15, 0.2) is 0 Å². The second-order valence-corrected chi connectivity index (χ2v) is 9.06. The highest BCUT2D eigenvalue weighted by molar-refractivity contribution is 5.35. The molecule has 0 aromatic heterocycles. The van der Waals surface area contributed by atoms with Crippen molar-refractivity contribution in [3.8, 4) is 0 Å². The summed E-state index contributed by atoms with van der Waals surface area (Å²) in [5, 5.41) is 14.7. The maximum atomic E-state index is 11.0. The number of aliphatic hydroxyl groups excluding tert-OH is 1. The molecule has 2 heterocycles. The van der Waals surface area contributed by atoms with Crippen molar-refractivity contribution in [2.75, 3.05) is 13.1 Å². The Bertz CT molecular complexity index is 907. The van der Waals surface area contributed by atoms with Gasteiger partial charge < -0.3 is 10.4 Å². The highest BCUT2D eigenvalue weighted by Crippen LogP contribution is 2.39. The van der Waals surface area contributed by atoms with Crippen LogP contribution in [0.25, 0.3) is 0 Å². The fourth-order valence-corrected chi connectivity index (χ4v) is 5.63. The molecule has 0 radical (unpaired) electrons. The van der Waals surface area contributed by atoms with E-state index in [0.717, 1.165) is 25.1 Å². The average Bonchev–Trinajstić information content (AvgIpc) is 2.84. The van der Waals surface area contributed by atoms with Crippen molar-refractivity contribution in [3.05, 3.63) is 108 Å². The maximum absolute atomic E-state index is 11.0. The molecule has 0 saturated carbocycles. The summed E-state index contributed by atoms with van der Waals surface area (Å²) in [7, 11) is 0. The van der Waals surface area contributed by atoms with Gasteiger partial charge in [0.1, 0.15) is 0 Å². The van der Waals surface area contributed by atoms with E-state index in [4.69, 9.17) is 0 Å². The van der Waals surface area contributed by atoms with Gasteiger partial charge in [0.2, 0.25) is 0 Å². The minimum Gasteiger partial charge on any atom is -0.388 e. The van der Waals surface area contributed by atoms with Gasteiger partial charge in [0.25, 0.3) is 0 Å². The van der Waals surface area contributed by atoms with Crippen LogP contribution in [0.3, 0.4) is 0 Å². The third-order valence-electron chi connectivity index (χ3n) is 7.16. The van der Waals surface area contributed by atoms with Crippen LogP contribution >= 0.6 is 0 Å². The summed E-state index contributed by atoms with van der Waals surface area (Å²) in [6.45, 7) is 2.01. The molecular weight excluding hydrogens is 380 g/mol. The summed E-state index contributed by atoms with van der Waals surface area (Å²) in [5.41, 5.74) is 3.79. The first-order chi connectivity index (χ1) is 15.3. The maximum Gasteiger partial charge on any atom is 0.0805 e. The fraction of sp³-hybridized carbons (Fsp3) is 0.357. The van der Waals surface area contributed by atoms with Crippen molar-refractivity contribution in [3.63, 3.8) is 0 Å². The molecule has 31 heavy (non-hydrogen) atoms. The van der Waals surface area contributed by atoms with E-state index in [2.05, 4.69) is 70.9 Å². The van der Waals surface area contributed by atoms with Gasteiger partial charge in [-0.15, -0.1) is 0 Å². The molecule has 0 spiro atoms. The molecule has 0 aliphatic carbocycles. The van der Waals surface area contributed by atoms with Gasteiger partial charge in [-0.25, -0.2) is 0 Å². The fourth-order valence-electron chi connectivity index (χ4n) is 5.63. The normalized spacial score (nSPS) is 26.5. The van der Waals surface area contributed by atoms with Gasteiger partial charge in [-0.2, -0.15) is 0 Å². The van der Waals surface area contributed by atoms with E-state index in [0.29, 0.717) is 24.0 Å². The molecule has 5 rings (SSSR count). The summed E-state index contributed by atoms with van der Waals surface area (Å²) in [6.07, 6.45) is 2.71. The van der Waals surface area contributed by atoms with Crippen LogP contribution in [0.5, 0.6) is 0 Å². The van der Waals surface area contributed by atoms with Crippen molar-refractivity contribution in [1.82, 2.24) is 10.2 Å². The molecule has 2 aliphatic heterocycles. The zero-order valence-electron chi connectivity index (χ0n) is 18.0. The molecule has 2 bridgehead atoms. The Kier molecular flexibility index (Phi) is 6.17. The van der Waals surface area contributed by atoms with Crippen LogP contribution in [0.4, 0.5) is 0 Å². The predicted octanol–water partition coefficient (Wildman–Crippen LogP) is 4.75. The number of hydrogen-bond donors (Lipinski definition) is 2. The van der Waals surface area contributed by atoms with Crippen LogP contribution in [0.15, 0.2) is 91.0 Å². The van der Waals surface area contributed by atoms with Crippen LogP contribution in [0.1, 0.15) is 48.0 Å². The average molecular weight is 413 g/mol. The molecule has 0 amide bonds. The minimum atomic E-state index is -0.431. The zero-order chi connectivity index (χ0) is 21.0. The zero-order valence-corrected chi connectivity index (χ0v) is 18.0. The lowest BCUT2D eigenvalue weighted by atomic mass is 9.78. The van der Waals surface area contributed by atoms with Crippen molar-refractivity contribution in [2.45, 2.75) is 49.4 Å². The van der Waals surface area contributed by atoms with Gasteiger partial charge in [0.05, 0.1) is 6.10 Å². The third-order valence-corrected chi connectivity index (χ3v) is 7.16.